The third kappa shape index (κ3) is 5.73. The Morgan fingerprint density at radius 3 is 2.45 bits per heavy atom. The van der Waals surface area contributed by atoms with Gasteiger partial charge in [-0.25, -0.2) is 0 Å². The molecule has 20 heavy (non-hydrogen) atoms. The molecule has 1 amide bonds. The fraction of sp³-hybridized carbons (Fsp3) is 0.857. The summed E-state index contributed by atoms with van der Waals surface area (Å²) in [6.45, 7) is 9.60. The smallest absolute Gasteiger partial charge is 0.221 e. The summed E-state index contributed by atoms with van der Waals surface area (Å²) in [6, 6.07) is 0.237. The van der Waals surface area contributed by atoms with Gasteiger partial charge in [0.15, 0.2) is 0 Å². The third-order valence-electron chi connectivity index (χ3n) is 3.77. The number of thiocarbonyl (C=S) groups is 1. The normalized spacial score (nSPS) is 18.7. The van der Waals surface area contributed by atoms with Crippen molar-refractivity contribution in [2.24, 2.45) is 5.73 Å². The second-order valence-corrected chi connectivity index (χ2v) is 5.76. The Morgan fingerprint density at radius 2 is 1.95 bits per heavy atom. The summed E-state index contributed by atoms with van der Waals surface area (Å²) in [7, 11) is 0. The lowest BCUT2D eigenvalue weighted by molar-refractivity contribution is -0.121. The molecule has 0 radical (unpaired) electrons. The maximum atomic E-state index is 11.5. The van der Waals surface area contributed by atoms with Gasteiger partial charge in [-0.1, -0.05) is 25.6 Å². The van der Waals surface area contributed by atoms with Crippen LogP contribution in [0.15, 0.2) is 0 Å². The van der Waals surface area contributed by atoms with Crippen molar-refractivity contribution in [1.82, 2.24) is 15.1 Å². The van der Waals surface area contributed by atoms with E-state index in [1.807, 2.05) is 6.92 Å². The van der Waals surface area contributed by atoms with Crippen LogP contribution in [0.2, 0.25) is 0 Å². The van der Waals surface area contributed by atoms with Crippen molar-refractivity contribution in [3.8, 4) is 0 Å². The van der Waals surface area contributed by atoms with E-state index < -0.39 is 0 Å². The van der Waals surface area contributed by atoms with Crippen molar-refractivity contribution in [1.29, 1.82) is 0 Å². The first-order valence-corrected chi connectivity index (χ1v) is 8.01. The zero-order chi connectivity index (χ0) is 15.0. The van der Waals surface area contributed by atoms with E-state index in [9.17, 15) is 4.79 Å². The lowest BCUT2D eigenvalue weighted by atomic mass is 10.1. The van der Waals surface area contributed by atoms with Crippen molar-refractivity contribution in [3.05, 3.63) is 0 Å². The number of hydrogen-bond donors (Lipinski definition) is 2. The largest absolute Gasteiger partial charge is 0.392 e. The predicted octanol–water partition coefficient (Wildman–Crippen LogP) is 0.585. The number of hydrogen-bond acceptors (Lipinski definition) is 4. The molecule has 1 saturated heterocycles. The molecule has 1 atom stereocenters. The van der Waals surface area contributed by atoms with E-state index in [0.29, 0.717) is 18.0 Å². The Hall–Kier alpha value is -0.720. The zero-order valence-electron chi connectivity index (χ0n) is 12.7. The van der Waals surface area contributed by atoms with Crippen molar-refractivity contribution in [2.45, 2.75) is 39.2 Å². The Labute approximate surface area is 127 Å². The molecule has 1 aliphatic rings. The van der Waals surface area contributed by atoms with Crippen molar-refractivity contribution < 1.29 is 4.79 Å². The van der Waals surface area contributed by atoms with E-state index in [-0.39, 0.29) is 11.9 Å². The Kier molecular flexibility index (Phi) is 8.02. The molecule has 116 valence electrons. The molecule has 3 N–H and O–H groups in total. The molecule has 0 bridgehead atoms. The molecule has 0 saturated carbocycles. The van der Waals surface area contributed by atoms with Gasteiger partial charge in [0, 0.05) is 45.7 Å². The summed E-state index contributed by atoms with van der Waals surface area (Å²) in [5, 5.41) is 2.83. The van der Waals surface area contributed by atoms with Crippen molar-refractivity contribution in [2.75, 3.05) is 39.3 Å². The van der Waals surface area contributed by atoms with Gasteiger partial charge < -0.3 is 16.0 Å². The van der Waals surface area contributed by atoms with Crippen LogP contribution in [-0.4, -0.2) is 66.0 Å². The van der Waals surface area contributed by atoms with Crippen molar-refractivity contribution in [3.63, 3.8) is 0 Å². The van der Waals surface area contributed by atoms with Gasteiger partial charge in [0.2, 0.25) is 5.91 Å². The van der Waals surface area contributed by atoms with Crippen LogP contribution in [-0.2, 0) is 4.79 Å². The number of nitrogens with zero attached hydrogens (tertiary/aromatic N) is 2. The highest BCUT2D eigenvalue weighted by atomic mass is 32.1. The molecule has 0 aromatic heterocycles. The highest BCUT2D eigenvalue weighted by Gasteiger charge is 2.24. The van der Waals surface area contributed by atoms with Crippen LogP contribution in [0.1, 0.15) is 33.1 Å². The fourth-order valence-electron chi connectivity index (χ4n) is 2.62. The van der Waals surface area contributed by atoms with Crippen LogP contribution in [0, 0.1) is 0 Å². The number of rotatable bonds is 8. The summed E-state index contributed by atoms with van der Waals surface area (Å²) >= 11 is 5.18. The Morgan fingerprint density at radius 1 is 1.30 bits per heavy atom. The monoisotopic (exact) mass is 300 g/mol. The summed E-state index contributed by atoms with van der Waals surface area (Å²) in [5.41, 5.74) is 5.84. The molecule has 1 rings (SSSR count). The molecule has 0 aliphatic carbocycles. The first kappa shape index (κ1) is 17.3. The van der Waals surface area contributed by atoms with E-state index in [1.165, 1.54) is 0 Å². The van der Waals surface area contributed by atoms with Gasteiger partial charge in [0.25, 0.3) is 0 Å². The van der Waals surface area contributed by atoms with E-state index in [1.54, 1.807) is 0 Å². The second-order valence-electron chi connectivity index (χ2n) is 5.29. The molecule has 6 heteroatoms. The van der Waals surface area contributed by atoms with Crippen molar-refractivity contribution >= 4 is 23.1 Å². The fourth-order valence-corrected chi connectivity index (χ4v) is 2.89. The summed E-state index contributed by atoms with van der Waals surface area (Å²) in [4.78, 5) is 16.8. The predicted molar refractivity (Wildman–Crippen MR) is 86.8 cm³/mol. The van der Waals surface area contributed by atoms with Crippen LogP contribution in [0.4, 0.5) is 0 Å². The van der Waals surface area contributed by atoms with E-state index in [0.717, 1.165) is 45.6 Å². The lowest BCUT2D eigenvalue weighted by Crippen LogP contribution is -2.54. The molecule has 0 aromatic carbocycles. The van der Waals surface area contributed by atoms with Gasteiger partial charge in [-0.3, -0.25) is 9.69 Å². The SMILES string of the molecule is CCCC(C(N)=S)N1CCN(CCC(=O)NCC)CC1. The first-order valence-electron chi connectivity index (χ1n) is 7.60. The molecule has 5 nitrogen and oxygen atoms in total. The number of nitrogens with one attached hydrogen (secondary N) is 1. The average molecular weight is 300 g/mol. The van der Waals surface area contributed by atoms with Crippen LogP contribution in [0.3, 0.4) is 0 Å². The maximum absolute atomic E-state index is 11.5. The molecule has 0 spiro atoms. The average Bonchev–Trinajstić information content (AvgIpc) is 2.43. The minimum atomic E-state index is 0.141. The Bertz CT molecular complexity index is 316. The van der Waals surface area contributed by atoms with Gasteiger partial charge in [0.05, 0.1) is 11.0 Å². The maximum Gasteiger partial charge on any atom is 0.221 e. The quantitative estimate of drug-likeness (QED) is 0.642. The standard InChI is InChI=1S/C14H28N4OS/c1-3-5-12(14(15)20)18-10-8-17(9-11-18)7-6-13(19)16-4-2/h12H,3-11H2,1-2H3,(H2,15,20)(H,16,19). The minimum Gasteiger partial charge on any atom is -0.392 e. The van der Waals surface area contributed by atoms with Gasteiger partial charge in [-0.05, 0) is 13.3 Å². The summed E-state index contributed by atoms with van der Waals surface area (Å²) in [5.74, 6) is 0.141. The number of carbonyl (C=O) groups excluding carboxylic acids is 1. The van der Waals surface area contributed by atoms with Crippen LogP contribution in [0.25, 0.3) is 0 Å². The van der Waals surface area contributed by atoms with E-state index >= 15 is 0 Å². The van der Waals surface area contributed by atoms with Crippen LogP contribution >= 0.6 is 12.2 Å². The Balaban J connectivity index is 2.31. The van der Waals surface area contributed by atoms with Crippen LogP contribution < -0.4 is 11.1 Å². The molecule has 0 aromatic rings. The zero-order valence-corrected chi connectivity index (χ0v) is 13.5. The van der Waals surface area contributed by atoms with Gasteiger partial charge in [0.1, 0.15) is 0 Å². The summed E-state index contributed by atoms with van der Waals surface area (Å²) in [6.07, 6.45) is 2.72. The van der Waals surface area contributed by atoms with Gasteiger partial charge in [-0.15, -0.1) is 0 Å². The lowest BCUT2D eigenvalue weighted by Gasteiger charge is -2.38. The topological polar surface area (TPSA) is 61.6 Å². The molecular formula is C14H28N4OS. The number of nitrogens with two attached hydrogens (primary N) is 1. The van der Waals surface area contributed by atoms with E-state index in [2.05, 4.69) is 22.0 Å². The summed E-state index contributed by atoms with van der Waals surface area (Å²) < 4.78 is 0. The number of carbonyl (C=O) groups is 1. The molecule has 1 fully saturated rings. The molecule has 1 heterocycles. The molecule has 1 aliphatic heterocycles. The first-order chi connectivity index (χ1) is 9.58. The van der Waals surface area contributed by atoms with Gasteiger partial charge >= 0.3 is 0 Å². The minimum absolute atomic E-state index is 0.141. The number of piperazine rings is 1. The third-order valence-corrected chi connectivity index (χ3v) is 4.04. The highest BCUT2D eigenvalue weighted by Crippen LogP contribution is 2.12. The number of amides is 1. The molecular weight excluding hydrogens is 272 g/mol. The van der Waals surface area contributed by atoms with Crippen LogP contribution in [0.5, 0.6) is 0 Å². The highest BCUT2D eigenvalue weighted by molar-refractivity contribution is 7.80. The molecule has 1 unspecified atom stereocenters. The second kappa shape index (κ2) is 9.26. The van der Waals surface area contributed by atoms with E-state index in [4.69, 9.17) is 18.0 Å². The van der Waals surface area contributed by atoms with Gasteiger partial charge in [-0.2, -0.15) is 0 Å².